The number of aliphatic carboxylic acids is 1. The lowest BCUT2D eigenvalue weighted by Crippen LogP contribution is -2.46. The van der Waals surface area contributed by atoms with Gasteiger partial charge in [0.05, 0.1) is 0 Å². The van der Waals surface area contributed by atoms with Crippen LogP contribution in [0, 0.1) is 5.92 Å². The van der Waals surface area contributed by atoms with E-state index in [1.54, 1.807) is 32.0 Å². The van der Waals surface area contributed by atoms with Gasteiger partial charge in [0.2, 0.25) is 0 Å². The first kappa shape index (κ1) is 15.7. The van der Waals surface area contributed by atoms with Gasteiger partial charge in [0.1, 0.15) is 6.04 Å². The molecule has 20 heavy (non-hydrogen) atoms. The van der Waals surface area contributed by atoms with Crippen LogP contribution in [0.2, 0.25) is 0 Å². The van der Waals surface area contributed by atoms with Crippen LogP contribution in [0.3, 0.4) is 0 Å². The molecule has 1 aromatic carbocycles. The number of anilines is 1. The summed E-state index contributed by atoms with van der Waals surface area (Å²) in [4.78, 5) is 34.0. The molecule has 0 aliphatic carbocycles. The smallest absolute Gasteiger partial charge is 0.326 e. The molecule has 0 saturated carbocycles. The number of ketones is 1. The Morgan fingerprint density at radius 3 is 2.35 bits per heavy atom. The Morgan fingerprint density at radius 2 is 1.85 bits per heavy atom. The number of carboxylic acid groups (broad SMARTS) is 1. The zero-order chi connectivity index (χ0) is 15.3. The quantitative estimate of drug-likeness (QED) is 0.719. The Hall–Kier alpha value is -2.37. The molecule has 0 radical (unpaired) electrons. The minimum atomic E-state index is -1.09. The van der Waals surface area contributed by atoms with Gasteiger partial charge < -0.3 is 15.7 Å². The fourth-order valence-electron chi connectivity index (χ4n) is 1.64. The SMILES string of the molecule is CC(=O)c1cccc(NC(=O)NC(C(=O)O)C(C)C)c1. The fraction of sp³-hybridized carbons (Fsp3) is 0.357. The Bertz CT molecular complexity index is 526. The summed E-state index contributed by atoms with van der Waals surface area (Å²) in [6, 6.07) is 4.85. The van der Waals surface area contributed by atoms with Crippen LogP contribution in [-0.2, 0) is 4.79 Å². The number of carbonyl (C=O) groups excluding carboxylic acids is 2. The zero-order valence-electron chi connectivity index (χ0n) is 11.6. The Labute approximate surface area is 117 Å². The van der Waals surface area contributed by atoms with Crippen LogP contribution < -0.4 is 10.6 Å². The Kier molecular flexibility index (Phi) is 5.25. The Balaban J connectivity index is 2.73. The van der Waals surface area contributed by atoms with Crippen molar-refractivity contribution < 1.29 is 19.5 Å². The topological polar surface area (TPSA) is 95.5 Å². The van der Waals surface area contributed by atoms with E-state index in [-0.39, 0.29) is 11.7 Å². The van der Waals surface area contributed by atoms with Gasteiger partial charge in [-0.25, -0.2) is 9.59 Å². The number of urea groups is 1. The van der Waals surface area contributed by atoms with Crippen molar-refractivity contribution in [2.75, 3.05) is 5.32 Å². The van der Waals surface area contributed by atoms with Crippen molar-refractivity contribution >= 4 is 23.5 Å². The highest BCUT2D eigenvalue weighted by Gasteiger charge is 2.23. The molecule has 1 rings (SSSR count). The summed E-state index contributed by atoms with van der Waals surface area (Å²) in [5.74, 6) is -1.44. The van der Waals surface area contributed by atoms with Crippen molar-refractivity contribution in [3.63, 3.8) is 0 Å². The lowest BCUT2D eigenvalue weighted by atomic mass is 10.1. The number of hydrogen-bond acceptors (Lipinski definition) is 3. The molecular weight excluding hydrogens is 260 g/mol. The number of benzene rings is 1. The van der Waals surface area contributed by atoms with Crippen molar-refractivity contribution in [2.24, 2.45) is 5.92 Å². The van der Waals surface area contributed by atoms with E-state index >= 15 is 0 Å². The van der Waals surface area contributed by atoms with E-state index < -0.39 is 18.0 Å². The molecule has 1 aromatic rings. The van der Waals surface area contributed by atoms with Crippen LogP contribution in [0.4, 0.5) is 10.5 Å². The van der Waals surface area contributed by atoms with Gasteiger partial charge >= 0.3 is 12.0 Å². The summed E-state index contributed by atoms with van der Waals surface area (Å²) >= 11 is 0. The molecule has 0 bridgehead atoms. The predicted octanol–water partition coefficient (Wildman–Crippen LogP) is 2.12. The maximum atomic E-state index is 11.7. The standard InChI is InChI=1S/C14H18N2O4/c1-8(2)12(13(18)19)16-14(20)15-11-6-4-5-10(7-11)9(3)17/h4-8,12H,1-3H3,(H,18,19)(H2,15,16,20). The summed E-state index contributed by atoms with van der Waals surface area (Å²) in [6.45, 7) is 4.84. The van der Waals surface area contributed by atoms with Gasteiger partial charge in [-0.15, -0.1) is 0 Å². The van der Waals surface area contributed by atoms with Crippen LogP contribution in [-0.4, -0.2) is 28.9 Å². The minimum Gasteiger partial charge on any atom is -0.480 e. The molecule has 3 N–H and O–H groups in total. The second kappa shape index (κ2) is 6.70. The van der Waals surface area contributed by atoms with Gasteiger partial charge in [0.25, 0.3) is 0 Å². The second-order valence-corrected chi connectivity index (χ2v) is 4.80. The maximum absolute atomic E-state index is 11.7. The van der Waals surface area contributed by atoms with E-state index in [0.717, 1.165) is 0 Å². The third-order valence-corrected chi connectivity index (χ3v) is 2.75. The van der Waals surface area contributed by atoms with Gasteiger partial charge in [-0.05, 0) is 25.0 Å². The van der Waals surface area contributed by atoms with Gasteiger partial charge in [-0.2, -0.15) is 0 Å². The van der Waals surface area contributed by atoms with Crippen molar-refractivity contribution in [1.29, 1.82) is 0 Å². The fourth-order valence-corrected chi connectivity index (χ4v) is 1.64. The molecule has 2 amide bonds. The Morgan fingerprint density at radius 1 is 1.20 bits per heavy atom. The molecule has 1 unspecified atom stereocenters. The molecule has 0 fully saturated rings. The predicted molar refractivity (Wildman–Crippen MR) is 74.9 cm³/mol. The third kappa shape index (κ3) is 4.38. The van der Waals surface area contributed by atoms with Gasteiger partial charge in [0, 0.05) is 11.3 Å². The molecule has 0 heterocycles. The average molecular weight is 278 g/mol. The highest BCUT2D eigenvalue weighted by molar-refractivity contribution is 5.97. The largest absolute Gasteiger partial charge is 0.480 e. The van der Waals surface area contributed by atoms with E-state index in [1.165, 1.54) is 13.0 Å². The van der Waals surface area contributed by atoms with Crippen molar-refractivity contribution in [1.82, 2.24) is 5.32 Å². The van der Waals surface area contributed by atoms with Crippen molar-refractivity contribution in [3.05, 3.63) is 29.8 Å². The molecular formula is C14H18N2O4. The van der Waals surface area contributed by atoms with E-state index in [9.17, 15) is 14.4 Å². The molecule has 0 saturated heterocycles. The summed E-state index contributed by atoms with van der Waals surface area (Å²) < 4.78 is 0. The molecule has 1 atom stereocenters. The summed E-state index contributed by atoms with van der Waals surface area (Å²) in [6.07, 6.45) is 0. The van der Waals surface area contributed by atoms with Gasteiger partial charge in [-0.1, -0.05) is 26.0 Å². The number of Topliss-reactive ketones (excluding diaryl/α,β-unsaturated/α-hetero) is 1. The molecule has 0 aliphatic heterocycles. The van der Waals surface area contributed by atoms with E-state index in [2.05, 4.69) is 10.6 Å². The van der Waals surface area contributed by atoms with Crippen molar-refractivity contribution in [2.45, 2.75) is 26.8 Å². The monoisotopic (exact) mass is 278 g/mol. The van der Waals surface area contributed by atoms with E-state index in [0.29, 0.717) is 11.3 Å². The minimum absolute atomic E-state index is 0.111. The first-order chi connectivity index (χ1) is 9.31. The van der Waals surface area contributed by atoms with Crippen LogP contribution in [0.5, 0.6) is 0 Å². The first-order valence-electron chi connectivity index (χ1n) is 6.22. The summed E-state index contributed by atoms with van der Waals surface area (Å²) in [7, 11) is 0. The number of hydrogen-bond donors (Lipinski definition) is 3. The first-order valence-corrected chi connectivity index (χ1v) is 6.22. The lowest BCUT2D eigenvalue weighted by molar-refractivity contribution is -0.140. The number of nitrogens with one attached hydrogen (secondary N) is 2. The zero-order valence-corrected chi connectivity index (χ0v) is 11.6. The maximum Gasteiger partial charge on any atom is 0.326 e. The number of amides is 2. The van der Waals surface area contributed by atoms with Crippen LogP contribution in [0.25, 0.3) is 0 Å². The second-order valence-electron chi connectivity index (χ2n) is 4.80. The summed E-state index contributed by atoms with van der Waals surface area (Å²) in [5, 5.41) is 13.9. The number of carboxylic acids is 1. The molecule has 0 aromatic heterocycles. The van der Waals surface area contributed by atoms with Gasteiger partial charge in [-0.3, -0.25) is 4.79 Å². The average Bonchev–Trinajstić information content (AvgIpc) is 2.35. The molecule has 108 valence electrons. The number of carbonyl (C=O) groups is 3. The van der Waals surface area contributed by atoms with Crippen LogP contribution in [0.1, 0.15) is 31.1 Å². The van der Waals surface area contributed by atoms with E-state index in [4.69, 9.17) is 5.11 Å². The van der Waals surface area contributed by atoms with E-state index in [1.807, 2.05) is 0 Å². The van der Waals surface area contributed by atoms with Crippen molar-refractivity contribution in [3.8, 4) is 0 Å². The number of rotatable bonds is 5. The lowest BCUT2D eigenvalue weighted by Gasteiger charge is -2.18. The molecule has 6 heteroatoms. The highest BCUT2D eigenvalue weighted by atomic mass is 16.4. The van der Waals surface area contributed by atoms with Gasteiger partial charge in [0.15, 0.2) is 5.78 Å². The molecule has 0 aliphatic rings. The highest BCUT2D eigenvalue weighted by Crippen LogP contribution is 2.11. The third-order valence-electron chi connectivity index (χ3n) is 2.75. The molecule has 6 nitrogen and oxygen atoms in total. The summed E-state index contributed by atoms with van der Waals surface area (Å²) in [5.41, 5.74) is 0.907. The van der Waals surface area contributed by atoms with Crippen LogP contribution in [0.15, 0.2) is 24.3 Å². The normalized spacial score (nSPS) is 11.8. The molecule has 0 spiro atoms. The van der Waals surface area contributed by atoms with Crippen LogP contribution >= 0.6 is 0 Å².